The van der Waals surface area contributed by atoms with E-state index in [0.29, 0.717) is 5.92 Å². The molecule has 0 amide bonds. The Balaban J connectivity index is 1.94. The second-order valence-electron chi connectivity index (χ2n) is 5.87. The third-order valence-electron chi connectivity index (χ3n) is 5.06. The van der Waals surface area contributed by atoms with Crippen LogP contribution in [0.4, 0.5) is 0 Å². The van der Waals surface area contributed by atoms with Crippen LogP contribution in [-0.2, 0) is 5.41 Å². The molecule has 0 unspecified atom stereocenters. The Morgan fingerprint density at radius 2 is 1.58 bits per heavy atom. The molecule has 19 heavy (non-hydrogen) atoms. The summed E-state index contributed by atoms with van der Waals surface area (Å²) in [6, 6.07) is 18.1. The molecular formula is C18H19N. The molecule has 2 aromatic rings. The minimum atomic E-state index is 0.265. The lowest BCUT2D eigenvalue weighted by Gasteiger charge is -2.31. The molecule has 0 spiro atoms. The summed E-state index contributed by atoms with van der Waals surface area (Å²) in [6.07, 6.45) is 2.47. The van der Waals surface area contributed by atoms with Gasteiger partial charge in [-0.2, -0.15) is 0 Å². The molecule has 4 rings (SSSR count). The van der Waals surface area contributed by atoms with Crippen molar-refractivity contribution in [2.24, 2.45) is 0 Å². The van der Waals surface area contributed by atoms with E-state index in [-0.39, 0.29) is 5.41 Å². The average molecular weight is 249 g/mol. The lowest BCUT2D eigenvalue weighted by Crippen LogP contribution is -2.28. The topological polar surface area (TPSA) is 12.0 Å². The fraction of sp³-hybridized carbons (Fsp3) is 0.333. The second-order valence-corrected chi connectivity index (χ2v) is 5.87. The van der Waals surface area contributed by atoms with Gasteiger partial charge in [0, 0.05) is 11.3 Å². The van der Waals surface area contributed by atoms with E-state index in [9.17, 15) is 0 Å². The van der Waals surface area contributed by atoms with Crippen LogP contribution in [0.25, 0.3) is 0 Å². The maximum absolute atomic E-state index is 3.33. The number of hydrogen-bond donors (Lipinski definition) is 1. The Morgan fingerprint density at radius 3 is 2.16 bits per heavy atom. The molecule has 0 fully saturated rings. The first kappa shape index (κ1) is 11.2. The van der Waals surface area contributed by atoms with Crippen LogP contribution >= 0.6 is 0 Å². The summed E-state index contributed by atoms with van der Waals surface area (Å²) in [4.78, 5) is 0. The Bertz CT molecular complexity index is 582. The van der Waals surface area contributed by atoms with Crippen LogP contribution in [0.3, 0.4) is 0 Å². The molecule has 0 aliphatic heterocycles. The van der Waals surface area contributed by atoms with Crippen LogP contribution in [0, 0.1) is 0 Å². The molecule has 0 saturated carbocycles. The molecule has 1 heteroatoms. The van der Waals surface area contributed by atoms with Crippen molar-refractivity contribution in [3.63, 3.8) is 0 Å². The highest BCUT2D eigenvalue weighted by Gasteiger charge is 2.51. The number of fused-ring (bicyclic) bond motifs is 8. The van der Waals surface area contributed by atoms with Crippen molar-refractivity contribution in [2.75, 3.05) is 13.6 Å². The number of rotatable bonds is 3. The highest BCUT2D eigenvalue weighted by Crippen LogP contribution is 2.61. The first-order valence-electron chi connectivity index (χ1n) is 7.20. The molecule has 2 bridgehead atoms. The van der Waals surface area contributed by atoms with Gasteiger partial charge < -0.3 is 5.32 Å². The van der Waals surface area contributed by atoms with Crippen LogP contribution in [0.15, 0.2) is 48.5 Å². The normalized spacial score (nSPS) is 26.3. The maximum Gasteiger partial charge on any atom is 0.0229 e. The SMILES string of the molecule is CNCCC12CC(c3ccccc31)c1ccccc12. The Morgan fingerprint density at radius 1 is 1.00 bits per heavy atom. The van der Waals surface area contributed by atoms with Crippen molar-refractivity contribution >= 4 is 0 Å². The number of hydrogen-bond acceptors (Lipinski definition) is 1. The zero-order chi connectivity index (χ0) is 12.9. The predicted octanol–water partition coefficient (Wildman–Crippen LogP) is 3.43. The van der Waals surface area contributed by atoms with E-state index in [2.05, 4.69) is 60.9 Å². The van der Waals surface area contributed by atoms with Crippen molar-refractivity contribution in [1.29, 1.82) is 0 Å². The number of nitrogens with one attached hydrogen (secondary N) is 1. The van der Waals surface area contributed by atoms with Gasteiger partial charge in [0.05, 0.1) is 0 Å². The third-order valence-corrected chi connectivity index (χ3v) is 5.06. The van der Waals surface area contributed by atoms with E-state index in [1.807, 2.05) is 0 Å². The van der Waals surface area contributed by atoms with E-state index in [0.717, 1.165) is 6.54 Å². The molecule has 0 radical (unpaired) electrons. The minimum Gasteiger partial charge on any atom is -0.320 e. The summed E-state index contributed by atoms with van der Waals surface area (Å²) in [6.45, 7) is 1.08. The number of benzene rings is 2. The lowest BCUT2D eigenvalue weighted by molar-refractivity contribution is 0.476. The molecule has 0 heterocycles. The smallest absolute Gasteiger partial charge is 0.0229 e. The van der Waals surface area contributed by atoms with Crippen molar-refractivity contribution < 1.29 is 0 Å². The zero-order valence-electron chi connectivity index (χ0n) is 11.3. The maximum atomic E-state index is 3.33. The van der Waals surface area contributed by atoms with E-state index in [1.54, 1.807) is 22.3 Å². The Hall–Kier alpha value is -1.60. The predicted molar refractivity (Wildman–Crippen MR) is 78.7 cm³/mol. The van der Waals surface area contributed by atoms with Gasteiger partial charge >= 0.3 is 0 Å². The van der Waals surface area contributed by atoms with Gasteiger partial charge in [0.25, 0.3) is 0 Å². The molecular weight excluding hydrogens is 230 g/mol. The Kier molecular flexibility index (Phi) is 2.33. The molecule has 2 aromatic carbocycles. The lowest BCUT2D eigenvalue weighted by atomic mass is 9.73. The van der Waals surface area contributed by atoms with Crippen LogP contribution in [0.2, 0.25) is 0 Å². The summed E-state index contributed by atoms with van der Waals surface area (Å²) >= 11 is 0. The van der Waals surface area contributed by atoms with Gasteiger partial charge in [-0.25, -0.2) is 0 Å². The Labute approximate surface area is 114 Å². The summed E-state index contributed by atoms with van der Waals surface area (Å²) in [5.74, 6) is 0.629. The fourth-order valence-corrected chi connectivity index (χ4v) is 4.28. The molecule has 0 saturated heterocycles. The van der Waals surface area contributed by atoms with Crippen molar-refractivity contribution in [2.45, 2.75) is 24.2 Å². The summed E-state index contributed by atoms with van der Waals surface area (Å²) < 4.78 is 0. The van der Waals surface area contributed by atoms with Crippen molar-refractivity contribution in [3.05, 3.63) is 70.8 Å². The van der Waals surface area contributed by atoms with Crippen LogP contribution in [0.1, 0.15) is 41.0 Å². The van der Waals surface area contributed by atoms with Crippen molar-refractivity contribution in [3.8, 4) is 0 Å². The summed E-state index contributed by atoms with van der Waals surface area (Å²) in [7, 11) is 2.05. The minimum absolute atomic E-state index is 0.265. The van der Waals surface area contributed by atoms with E-state index >= 15 is 0 Å². The summed E-state index contributed by atoms with van der Waals surface area (Å²) in [5.41, 5.74) is 6.55. The van der Waals surface area contributed by atoms with Gasteiger partial charge in [0.15, 0.2) is 0 Å². The molecule has 0 aromatic heterocycles. The molecule has 0 atom stereocenters. The standard InChI is InChI=1S/C18H19N/c1-19-11-10-18-12-15(13-6-2-4-8-16(13)18)14-7-3-5-9-17(14)18/h2-9,15,19H,10-12H2,1H3. The van der Waals surface area contributed by atoms with Crippen LogP contribution < -0.4 is 5.32 Å². The molecule has 1 N–H and O–H groups in total. The monoisotopic (exact) mass is 249 g/mol. The highest BCUT2D eigenvalue weighted by molar-refractivity contribution is 5.62. The quantitative estimate of drug-likeness (QED) is 0.878. The average Bonchev–Trinajstić information content (AvgIpc) is 2.98. The molecule has 2 aliphatic rings. The fourth-order valence-electron chi connectivity index (χ4n) is 4.28. The second kappa shape index (κ2) is 3.94. The van der Waals surface area contributed by atoms with Gasteiger partial charge in [-0.05, 0) is 48.7 Å². The van der Waals surface area contributed by atoms with Gasteiger partial charge in [0.2, 0.25) is 0 Å². The van der Waals surface area contributed by atoms with Gasteiger partial charge in [-0.1, -0.05) is 48.5 Å². The third kappa shape index (κ3) is 1.34. The zero-order valence-corrected chi connectivity index (χ0v) is 11.3. The van der Waals surface area contributed by atoms with Gasteiger partial charge in [-0.3, -0.25) is 0 Å². The first-order chi connectivity index (χ1) is 9.37. The van der Waals surface area contributed by atoms with E-state index < -0.39 is 0 Å². The first-order valence-corrected chi connectivity index (χ1v) is 7.20. The summed E-state index contributed by atoms with van der Waals surface area (Å²) in [5, 5.41) is 3.33. The van der Waals surface area contributed by atoms with Crippen LogP contribution in [0.5, 0.6) is 0 Å². The highest BCUT2D eigenvalue weighted by atomic mass is 14.8. The van der Waals surface area contributed by atoms with Gasteiger partial charge in [0.1, 0.15) is 0 Å². The molecule has 2 aliphatic carbocycles. The van der Waals surface area contributed by atoms with Crippen molar-refractivity contribution in [1.82, 2.24) is 5.32 Å². The largest absolute Gasteiger partial charge is 0.320 e. The van der Waals surface area contributed by atoms with Gasteiger partial charge in [-0.15, -0.1) is 0 Å². The molecule has 96 valence electrons. The molecule has 1 nitrogen and oxygen atoms in total. The van der Waals surface area contributed by atoms with Crippen LogP contribution in [-0.4, -0.2) is 13.6 Å². The van der Waals surface area contributed by atoms with E-state index in [4.69, 9.17) is 0 Å². The van der Waals surface area contributed by atoms with E-state index in [1.165, 1.54) is 12.8 Å².